The Morgan fingerprint density at radius 3 is 2.52 bits per heavy atom. The van der Waals surface area contributed by atoms with Gasteiger partial charge in [-0.2, -0.15) is 5.26 Å². The van der Waals surface area contributed by atoms with Crippen molar-refractivity contribution in [1.29, 1.82) is 5.26 Å². The number of nitriles is 1. The standard InChI is InChI=1S/C24H23N3OS/c1-17-26-11-12-27(17)19-5-9-22(10-6-19)29-23-4-2-3-18(13-23)24(16-25)14-20-7-8-21(15-24)28-20/h2-6,9-13,20-21H,7-8,14-15H2,1H3/t20-,21?,24?/m1/s1. The smallest absolute Gasteiger partial charge is 0.110 e. The van der Waals surface area contributed by atoms with Gasteiger partial charge in [-0.25, -0.2) is 4.98 Å². The van der Waals surface area contributed by atoms with Crippen LogP contribution in [0, 0.1) is 18.3 Å². The van der Waals surface area contributed by atoms with Gasteiger partial charge in [-0.3, -0.25) is 0 Å². The minimum atomic E-state index is -0.413. The second kappa shape index (κ2) is 7.37. The fourth-order valence-electron chi connectivity index (χ4n) is 4.65. The minimum absolute atomic E-state index is 0.240. The zero-order chi connectivity index (χ0) is 19.8. The number of ether oxygens (including phenoxy) is 1. The van der Waals surface area contributed by atoms with E-state index in [-0.39, 0.29) is 12.2 Å². The molecule has 2 bridgehead atoms. The summed E-state index contributed by atoms with van der Waals surface area (Å²) in [7, 11) is 0. The summed E-state index contributed by atoms with van der Waals surface area (Å²) in [4.78, 5) is 6.64. The van der Waals surface area contributed by atoms with Crippen molar-refractivity contribution in [2.45, 2.75) is 60.0 Å². The number of imidazole rings is 1. The van der Waals surface area contributed by atoms with Gasteiger partial charge in [0.15, 0.2) is 0 Å². The van der Waals surface area contributed by atoms with Crippen molar-refractivity contribution < 1.29 is 4.74 Å². The average Bonchev–Trinajstić information content (AvgIpc) is 3.33. The lowest BCUT2D eigenvalue weighted by Crippen LogP contribution is -2.37. The van der Waals surface area contributed by atoms with E-state index in [9.17, 15) is 5.26 Å². The minimum Gasteiger partial charge on any atom is -0.375 e. The van der Waals surface area contributed by atoms with Crippen LogP contribution in [-0.4, -0.2) is 21.8 Å². The monoisotopic (exact) mass is 401 g/mol. The van der Waals surface area contributed by atoms with E-state index in [4.69, 9.17) is 4.74 Å². The van der Waals surface area contributed by atoms with Crippen molar-refractivity contribution in [2.75, 3.05) is 0 Å². The number of hydrogen-bond acceptors (Lipinski definition) is 4. The van der Waals surface area contributed by atoms with Gasteiger partial charge in [0.1, 0.15) is 5.82 Å². The fourth-order valence-corrected chi connectivity index (χ4v) is 5.53. The lowest BCUT2D eigenvalue weighted by Gasteiger charge is -2.35. The topological polar surface area (TPSA) is 50.8 Å². The molecule has 0 radical (unpaired) electrons. The molecule has 146 valence electrons. The van der Waals surface area contributed by atoms with Crippen LogP contribution < -0.4 is 0 Å². The van der Waals surface area contributed by atoms with Gasteiger partial charge in [0, 0.05) is 27.9 Å². The molecule has 1 aromatic heterocycles. The van der Waals surface area contributed by atoms with Crippen molar-refractivity contribution >= 4 is 11.8 Å². The molecule has 2 unspecified atom stereocenters. The average molecular weight is 402 g/mol. The number of aromatic nitrogens is 2. The molecule has 5 heteroatoms. The molecule has 0 amide bonds. The van der Waals surface area contributed by atoms with E-state index < -0.39 is 5.41 Å². The zero-order valence-corrected chi connectivity index (χ0v) is 17.2. The predicted molar refractivity (Wildman–Crippen MR) is 113 cm³/mol. The first-order valence-electron chi connectivity index (χ1n) is 10.1. The van der Waals surface area contributed by atoms with Crippen LogP contribution in [0.25, 0.3) is 5.69 Å². The molecule has 3 aromatic rings. The SMILES string of the molecule is Cc1nccn1-c1ccc(Sc2cccc(C3(C#N)CC4CC[C@H](C3)O4)c2)cc1. The Labute approximate surface area is 175 Å². The van der Waals surface area contributed by atoms with Crippen molar-refractivity contribution in [3.63, 3.8) is 0 Å². The van der Waals surface area contributed by atoms with Crippen LogP contribution in [-0.2, 0) is 10.2 Å². The summed E-state index contributed by atoms with van der Waals surface area (Å²) in [6, 6.07) is 19.7. The second-order valence-corrected chi connectivity index (χ2v) is 9.17. The van der Waals surface area contributed by atoms with Crippen molar-refractivity contribution in [3.05, 3.63) is 72.3 Å². The molecule has 0 aliphatic carbocycles. The molecule has 2 saturated heterocycles. The molecule has 3 heterocycles. The molecule has 2 fully saturated rings. The molecule has 4 nitrogen and oxygen atoms in total. The Morgan fingerprint density at radius 1 is 1.10 bits per heavy atom. The van der Waals surface area contributed by atoms with Crippen LogP contribution in [0.2, 0.25) is 0 Å². The number of fused-ring (bicyclic) bond motifs is 2. The normalized spacial score (nSPS) is 25.7. The Morgan fingerprint density at radius 2 is 1.86 bits per heavy atom. The maximum Gasteiger partial charge on any atom is 0.110 e. The molecular weight excluding hydrogens is 378 g/mol. The molecule has 2 aliphatic heterocycles. The first kappa shape index (κ1) is 18.5. The molecule has 29 heavy (non-hydrogen) atoms. The van der Waals surface area contributed by atoms with E-state index in [0.29, 0.717) is 0 Å². The Bertz CT molecular complexity index is 1050. The summed E-state index contributed by atoms with van der Waals surface area (Å²) in [5, 5.41) is 10.1. The molecule has 0 saturated carbocycles. The highest BCUT2D eigenvalue weighted by Gasteiger charge is 2.46. The fraction of sp³-hybridized carbons (Fsp3) is 0.333. The highest BCUT2D eigenvalue weighted by molar-refractivity contribution is 7.99. The maximum atomic E-state index is 10.1. The Kier molecular flexibility index (Phi) is 4.69. The van der Waals surface area contributed by atoms with Gasteiger partial charge < -0.3 is 9.30 Å². The van der Waals surface area contributed by atoms with Gasteiger partial charge in [-0.05, 0) is 74.6 Å². The summed E-state index contributed by atoms with van der Waals surface area (Å²) in [5.74, 6) is 0.977. The first-order chi connectivity index (χ1) is 14.1. The van der Waals surface area contributed by atoms with Gasteiger partial charge in [-0.15, -0.1) is 0 Å². The summed E-state index contributed by atoms with van der Waals surface area (Å²) in [6.45, 7) is 2.00. The third kappa shape index (κ3) is 3.48. The molecule has 3 atom stereocenters. The van der Waals surface area contributed by atoms with Crippen LogP contribution in [0.5, 0.6) is 0 Å². The van der Waals surface area contributed by atoms with Crippen molar-refractivity contribution in [2.24, 2.45) is 0 Å². The summed E-state index contributed by atoms with van der Waals surface area (Å²) < 4.78 is 8.06. The lowest BCUT2D eigenvalue weighted by molar-refractivity contribution is -0.0184. The molecule has 0 spiro atoms. The number of hydrogen-bond donors (Lipinski definition) is 0. The Hall–Kier alpha value is -2.55. The number of aryl methyl sites for hydroxylation is 1. The highest BCUT2D eigenvalue weighted by Crippen LogP contribution is 2.46. The third-order valence-corrected chi connectivity index (χ3v) is 7.12. The predicted octanol–water partition coefficient (Wildman–Crippen LogP) is 5.43. The molecule has 0 N–H and O–H groups in total. The van der Waals surface area contributed by atoms with Gasteiger partial charge >= 0.3 is 0 Å². The van der Waals surface area contributed by atoms with Gasteiger partial charge in [0.2, 0.25) is 0 Å². The van der Waals surface area contributed by atoms with E-state index in [2.05, 4.69) is 64.2 Å². The van der Waals surface area contributed by atoms with E-state index in [1.807, 2.05) is 19.3 Å². The second-order valence-electron chi connectivity index (χ2n) is 8.03. The first-order valence-corrected chi connectivity index (χ1v) is 10.9. The highest BCUT2D eigenvalue weighted by atomic mass is 32.2. The van der Waals surface area contributed by atoms with E-state index in [0.717, 1.165) is 42.8 Å². The van der Waals surface area contributed by atoms with E-state index in [1.54, 1.807) is 11.8 Å². The number of nitrogens with zero attached hydrogens (tertiary/aromatic N) is 3. The van der Waals surface area contributed by atoms with E-state index in [1.165, 1.54) is 9.79 Å². The lowest BCUT2D eigenvalue weighted by atomic mass is 9.73. The van der Waals surface area contributed by atoms with Gasteiger partial charge in [0.05, 0.1) is 23.7 Å². The number of benzene rings is 2. The molecule has 5 rings (SSSR count). The molecule has 2 aromatic carbocycles. The molecule has 2 aliphatic rings. The molecular formula is C24H23N3OS. The number of rotatable bonds is 4. The van der Waals surface area contributed by atoms with Gasteiger partial charge in [-0.1, -0.05) is 23.9 Å². The Balaban J connectivity index is 1.38. The largest absolute Gasteiger partial charge is 0.375 e. The van der Waals surface area contributed by atoms with Crippen LogP contribution in [0.3, 0.4) is 0 Å². The quantitative estimate of drug-likeness (QED) is 0.584. The van der Waals surface area contributed by atoms with Crippen LogP contribution >= 0.6 is 11.8 Å². The zero-order valence-electron chi connectivity index (χ0n) is 16.4. The third-order valence-electron chi connectivity index (χ3n) is 6.12. The van der Waals surface area contributed by atoms with Crippen LogP contribution in [0.1, 0.15) is 37.1 Å². The maximum absolute atomic E-state index is 10.1. The summed E-state index contributed by atoms with van der Waals surface area (Å²) in [5.41, 5.74) is 1.83. The summed E-state index contributed by atoms with van der Waals surface area (Å²) in [6.07, 6.45) is 8.07. The van der Waals surface area contributed by atoms with Crippen LogP contribution in [0.15, 0.2) is 70.7 Å². The van der Waals surface area contributed by atoms with Crippen molar-refractivity contribution in [3.8, 4) is 11.8 Å². The van der Waals surface area contributed by atoms with Crippen LogP contribution in [0.4, 0.5) is 0 Å². The van der Waals surface area contributed by atoms with E-state index >= 15 is 0 Å². The van der Waals surface area contributed by atoms with Crippen molar-refractivity contribution in [1.82, 2.24) is 9.55 Å². The summed E-state index contributed by atoms with van der Waals surface area (Å²) >= 11 is 1.74. The van der Waals surface area contributed by atoms with Gasteiger partial charge in [0.25, 0.3) is 0 Å².